The summed E-state index contributed by atoms with van der Waals surface area (Å²) < 4.78 is 26.6. The molecule has 102 valence electrons. The Bertz CT molecular complexity index is 747. The molecule has 0 radical (unpaired) electrons. The number of benzene rings is 2. The molecule has 0 aromatic heterocycles. The Hall–Kier alpha value is -2.36. The maximum atomic E-state index is 12.1. The minimum absolute atomic E-state index is 0.131. The topological polar surface area (TPSA) is 96.0 Å². The van der Waals surface area contributed by atoms with Crippen molar-refractivity contribution < 1.29 is 8.42 Å². The van der Waals surface area contributed by atoms with Crippen LogP contribution in [0.25, 0.3) is 0 Å². The molecule has 0 bridgehead atoms. The molecule has 5 nitrogen and oxygen atoms in total. The van der Waals surface area contributed by atoms with E-state index in [0.717, 1.165) is 5.56 Å². The van der Waals surface area contributed by atoms with Gasteiger partial charge in [-0.15, -0.1) is 0 Å². The number of hydrogen-bond acceptors (Lipinski definition) is 4. The molecule has 0 unspecified atom stereocenters. The molecule has 0 spiro atoms. The number of nitrogens with two attached hydrogens (primary N) is 1. The largest absolute Gasteiger partial charge is 0.399 e. The molecule has 0 aliphatic carbocycles. The molecule has 6 heteroatoms. The van der Waals surface area contributed by atoms with Crippen molar-refractivity contribution in [1.82, 2.24) is 4.72 Å². The molecule has 2 aromatic rings. The number of sulfonamides is 1. The molecule has 2 rings (SSSR count). The third kappa shape index (κ3) is 3.35. The molecule has 0 saturated heterocycles. The third-order valence-corrected chi connectivity index (χ3v) is 4.12. The number of nitrogens with zero attached hydrogens (tertiary/aromatic N) is 1. The zero-order chi connectivity index (χ0) is 14.6. The molecular weight excluding hydrogens is 274 g/mol. The molecule has 0 aliphatic heterocycles. The van der Waals surface area contributed by atoms with Gasteiger partial charge in [-0.3, -0.25) is 0 Å². The second-order valence-corrected chi connectivity index (χ2v) is 5.97. The van der Waals surface area contributed by atoms with Gasteiger partial charge in [0.25, 0.3) is 0 Å². The standard InChI is InChI=1S/C14H13N3O2S/c15-9-11-4-6-12(7-5-11)10-17-20(18,19)14-3-1-2-13(16)8-14/h1-8,17H,10,16H2. The van der Waals surface area contributed by atoms with E-state index in [9.17, 15) is 8.42 Å². The quantitative estimate of drug-likeness (QED) is 0.835. The first-order valence-corrected chi connectivity index (χ1v) is 7.34. The number of nitriles is 1. The number of nitrogens with one attached hydrogen (secondary N) is 1. The van der Waals surface area contributed by atoms with Gasteiger partial charge in [0.05, 0.1) is 16.5 Å². The van der Waals surface area contributed by atoms with Gasteiger partial charge in [-0.25, -0.2) is 13.1 Å². The summed E-state index contributed by atoms with van der Waals surface area (Å²) in [5.74, 6) is 0. The van der Waals surface area contributed by atoms with Gasteiger partial charge in [0, 0.05) is 12.2 Å². The maximum Gasteiger partial charge on any atom is 0.240 e. The summed E-state index contributed by atoms with van der Waals surface area (Å²) in [7, 11) is -3.59. The van der Waals surface area contributed by atoms with Gasteiger partial charge >= 0.3 is 0 Å². The third-order valence-electron chi connectivity index (χ3n) is 2.72. The predicted octanol–water partition coefficient (Wildman–Crippen LogP) is 1.62. The lowest BCUT2D eigenvalue weighted by Gasteiger charge is -2.07. The van der Waals surface area contributed by atoms with Crippen LogP contribution in [0, 0.1) is 11.3 Å². The van der Waals surface area contributed by atoms with Crippen LogP contribution in [-0.2, 0) is 16.6 Å². The van der Waals surface area contributed by atoms with E-state index in [4.69, 9.17) is 11.0 Å². The van der Waals surface area contributed by atoms with Gasteiger partial charge in [-0.1, -0.05) is 18.2 Å². The van der Waals surface area contributed by atoms with Crippen molar-refractivity contribution in [3.8, 4) is 6.07 Å². The van der Waals surface area contributed by atoms with Crippen LogP contribution >= 0.6 is 0 Å². The zero-order valence-electron chi connectivity index (χ0n) is 10.6. The van der Waals surface area contributed by atoms with Crippen LogP contribution in [0.5, 0.6) is 0 Å². The van der Waals surface area contributed by atoms with E-state index in [1.54, 1.807) is 36.4 Å². The Morgan fingerprint density at radius 3 is 2.45 bits per heavy atom. The zero-order valence-corrected chi connectivity index (χ0v) is 11.4. The van der Waals surface area contributed by atoms with E-state index >= 15 is 0 Å². The average Bonchev–Trinajstić information content (AvgIpc) is 2.46. The van der Waals surface area contributed by atoms with E-state index < -0.39 is 10.0 Å². The van der Waals surface area contributed by atoms with Crippen molar-refractivity contribution >= 4 is 15.7 Å². The van der Waals surface area contributed by atoms with E-state index in [2.05, 4.69) is 4.72 Å². The number of rotatable bonds is 4. The maximum absolute atomic E-state index is 12.1. The molecule has 0 aliphatic rings. The van der Waals surface area contributed by atoms with Crippen LogP contribution in [0.3, 0.4) is 0 Å². The molecule has 0 heterocycles. The highest BCUT2D eigenvalue weighted by molar-refractivity contribution is 7.89. The highest BCUT2D eigenvalue weighted by Crippen LogP contribution is 2.13. The van der Waals surface area contributed by atoms with Gasteiger partial charge in [0.15, 0.2) is 0 Å². The van der Waals surface area contributed by atoms with Crippen LogP contribution in [0.4, 0.5) is 5.69 Å². The van der Waals surface area contributed by atoms with E-state index in [1.807, 2.05) is 6.07 Å². The molecule has 0 atom stereocenters. The summed E-state index contributed by atoms with van der Waals surface area (Å²) in [6, 6.07) is 14.8. The van der Waals surface area contributed by atoms with Crippen LogP contribution in [0.15, 0.2) is 53.4 Å². The minimum Gasteiger partial charge on any atom is -0.399 e. The Kier molecular flexibility index (Phi) is 4.03. The lowest BCUT2D eigenvalue weighted by molar-refractivity contribution is 0.581. The average molecular weight is 287 g/mol. The Balaban J connectivity index is 2.11. The van der Waals surface area contributed by atoms with Gasteiger partial charge in [-0.2, -0.15) is 5.26 Å². The number of nitrogen functional groups attached to an aromatic ring is 1. The molecular formula is C14H13N3O2S. The Morgan fingerprint density at radius 1 is 1.15 bits per heavy atom. The molecule has 0 fully saturated rings. The van der Waals surface area contributed by atoms with Crippen molar-refractivity contribution in [3.05, 3.63) is 59.7 Å². The van der Waals surface area contributed by atoms with E-state index in [-0.39, 0.29) is 11.4 Å². The first kappa shape index (κ1) is 14.1. The molecule has 0 amide bonds. The Morgan fingerprint density at radius 2 is 1.85 bits per heavy atom. The summed E-state index contributed by atoms with van der Waals surface area (Å²) in [5.41, 5.74) is 7.28. The lowest BCUT2D eigenvalue weighted by atomic mass is 10.1. The molecule has 0 saturated carbocycles. The second-order valence-electron chi connectivity index (χ2n) is 4.21. The van der Waals surface area contributed by atoms with Crippen LogP contribution in [0.1, 0.15) is 11.1 Å². The summed E-state index contributed by atoms with van der Waals surface area (Å²) in [5, 5.41) is 8.69. The minimum atomic E-state index is -3.59. The second kappa shape index (κ2) is 5.74. The van der Waals surface area contributed by atoms with Crippen molar-refractivity contribution in [1.29, 1.82) is 5.26 Å². The summed E-state index contributed by atoms with van der Waals surface area (Å²) in [6.45, 7) is 0.156. The van der Waals surface area contributed by atoms with Gasteiger partial charge < -0.3 is 5.73 Å². The number of hydrogen-bond donors (Lipinski definition) is 2. The highest BCUT2D eigenvalue weighted by atomic mass is 32.2. The van der Waals surface area contributed by atoms with Crippen molar-refractivity contribution in [3.63, 3.8) is 0 Å². The normalized spacial score (nSPS) is 10.9. The fraction of sp³-hybridized carbons (Fsp3) is 0.0714. The molecule has 3 N–H and O–H groups in total. The SMILES string of the molecule is N#Cc1ccc(CNS(=O)(=O)c2cccc(N)c2)cc1. The molecule has 20 heavy (non-hydrogen) atoms. The monoisotopic (exact) mass is 287 g/mol. The number of anilines is 1. The summed E-state index contributed by atoms with van der Waals surface area (Å²) in [4.78, 5) is 0.131. The van der Waals surface area contributed by atoms with Crippen LogP contribution < -0.4 is 10.5 Å². The van der Waals surface area contributed by atoms with Crippen molar-refractivity contribution in [2.24, 2.45) is 0 Å². The van der Waals surface area contributed by atoms with Crippen molar-refractivity contribution in [2.45, 2.75) is 11.4 Å². The lowest BCUT2D eigenvalue weighted by Crippen LogP contribution is -2.23. The van der Waals surface area contributed by atoms with Gasteiger partial charge in [0.1, 0.15) is 0 Å². The molecule has 2 aromatic carbocycles. The predicted molar refractivity (Wildman–Crippen MR) is 76.0 cm³/mol. The van der Waals surface area contributed by atoms with Gasteiger partial charge in [0.2, 0.25) is 10.0 Å². The first-order chi connectivity index (χ1) is 9.51. The van der Waals surface area contributed by atoms with Gasteiger partial charge in [-0.05, 0) is 35.9 Å². The van der Waals surface area contributed by atoms with E-state index in [1.165, 1.54) is 12.1 Å². The summed E-state index contributed by atoms with van der Waals surface area (Å²) >= 11 is 0. The van der Waals surface area contributed by atoms with Crippen LogP contribution in [0.2, 0.25) is 0 Å². The first-order valence-electron chi connectivity index (χ1n) is 5.85. The highest BCUT2D eigenvalue weighted by Gasteiger charge is 2.13. The van der Waals surface area contributed by atoms with Crippen LogP contribution in [-0.4, -0.2) is 8.42 Å². The van der Waals surface area contributed by atoms with Crippen molar-refractivity contribution in [2.75, 3.05) is 5.73 Å². The summed E-state index contributed by atoms with van der Waals surface area (Å²) in [6.07, 6.45) is 0. The smallest absolute Gasteiger partial charge is 0.240 e. The fourth-order valence-electron chi connectivity index (χ4n) is 1.64. The van der Waals surface area contributed by atoms with E-state index in [0.29, 0.717) is 11.3 Å². The Labute approximate surface area is 117 Å². The fourth-order valence-corrected chi connectivity index (χ4v) is 2.71.